The van der Waals surface area contributed by atoms with Crippen LogP contribution in [0.4, 0.5) is 20.4 Å². The van der Waals surface area contributed by atoms with E-state index in [1.54, 1.807) is 18.2 Å². The molecule has 1 aliphatic heterocycles. The number of para-hydroxylation sites is 2. The fourth-order valence-electron chi connectivity index (χ4n) is 3.40. The number of benzene rings is 2. The van der Waals surface area contributed by atoms with Crippen LogP contribution < -0.4 is 15.0 Å². The van der Waals surface area contributed by atoms with Gasteiger partial charge in [0.25, 0.3) is 0 Å². The van der Waals surface area contributed by atoms with Crippen LogP contribution in [0.3, 0.4) is 0 Å². The first-order chi connectivity index (χ1) is 15.5. The molecule has 0 saturated carbocycles. The maximum atomic E-state index is 12.6. The van der Waals surface area contributed by atoms with Gasteiger partial charge in [0, 0.05) is 18.1 Å². The second-order valence-corrected chi connectivity index (χ2v) is 8.38. The number of nitrogens with zero attached hydrogens (tertiary/aromatic N) is 4. The molecule has 1 amide bonds. The van der Waals surface area contributed by atoms with Gasteiger partial charge in [-0.2, -0.15) is 8.78 Å². The van der Waals surface area contributed by atoms with Gasteiger partial charge in [0.15, 0.2) is 5.16 Å². The van der Waals surface area contributed by atoms with Crippen molar-refractivity contribution in [3.63, 3.8) is 0 Å². The number of carbonyl (C=O) groups is 1. The van der Waals surface area contributed by atoms with Crippen molar-refractivity contribution in [1.82, 2.24) is 14.8 Å². The normalized spacial score (nSPS) is 13.6. The van der Waals surface area contributed by atoms with E-state index in [1.807, 2.05) is 22.8 Å². The van der Waals surface area contributed by atoms with Gasteiger partial charge in [0.1, 0.15) is 5.75 Å². The molecule has 0 unspecified atom stereocenters. The van der Waals surface area contributed by atoms with Crippen molar-refractivity contribution >= 4 is 40.9 Å². The number of thioether (sulfide) groups is 1. The smallest absolute Gasteiger partial charge is 0.387 e. The van der Waals surface area contributed by atoms with Crippen LogP contribution in [-0.2, 0) is 4.79 Å². The summed E-state index contributed by atoms with van der Waals surface area (Å²) in [6.07, 6.45) is 2.15. The molecular formula is C21H20ClF2N5O2S. The number of nitrogens with one attached hydrogen (secondary N) is 1. The summed E-state index contributed by atoms with van der Waals surface area (Å²) in [6, 6.07) is 13.4. The van der Waals surface area contributed by atoms with E-state index in [0.29, 0.717) is 16.1 Å². The van der Waals surface area contributed by atoms with Gasteiger partial charge < -0.3 is 15.0 Å². The first-order valence-corrected chi connectivity index (χ1v) is 11.3. The van der Waals surface area contributed by atoms with Gasteiger partial charge in [0.2, 0.25) is 11.9 Å². The summed E-state index contributed by atoms with van der Waals surface area (Å²) >= 11 is 7.38. The fourth-order valence-corrected chi connectivity index (χ4v) is 4.34. The Hall–Kier alpha value is -2.85. The topological polar surface area (TPSA) is 72.3 Å². The summed E-state index contributed by atoms with van der Waals surface area (Å²) in [5.74, 6) is 0.216. The summed E-state index contributed by atoms with van der Waals surface area (Å²) in [7, 11) is 0. The third kappa shape index (κ3) is 5.31. The first-order valence-electron chi connectivity index (χ1n) is 9.94. The summed E-state index contributed by atoms with van der Waals surface area (Å²) < 4.78 is 31.5. The Balaban J connectivity index is 1.52. The second kappa shape index (κ2) is 10.2. The Morgan fingerprint density at radius 2 is 1.94 bits per heavy atom. The zero-order valence-electron chi connectivity index (χ0n) is 16.9. The number of carbonyl (C=O) groups excluding carboxylic acids is 1. The van der Waals surface area contributed by atoms with Gasteiger partial charge in [0.05, 0.1) is 17.1 Å². The van der Waals surface area contributed by atoms with E-state index in [4.69, 9.17) is 11.6 Å². The highest BCUT2D eigenvalue weighted by atomic mass is 35.5. The van der Waals surface area contributed by atoms with Gasteiger partial charge >= 0.3 is 6.61 Å². The standard InChI is InChI=1S/C21H20ClF2N5O2S/c22-14-6-5-7-15(12-14)29-20(28-10-3-4-11-28)26-27-21(29)32-13-18(30)25-16-8-1-2-9-17(16)31-19(23)24/h1-2,5-9,12,19H,3-4,10-11,13H2,(H,25,30). The molecule has 1 aromatic heterocycles. The minimum absolute atomic E-state index is 0.00170. The number of aromatic nitrogens is 3. The average Bonchev–Trinajstić information content (AvgIpc) is 3.43. The molecule has 1 fully saturated rings. The molecule has 0 radical (unpaired) electrons. The number of ether oxygens (including phenoxy) is 1. The molecule has 1 saturated heterocycles. The summed E-state index contributed by atoms with van der Waals surface area (Å²) in [5, 5.41) is 12.4. The third-order valence-corrected chi connectivity index (χ3v) is 5.95. The lowest BCUT2D eigenvalue weighted by Crippen LogP contribution is -2.22. The maximum absolute atomic E-state index is 12.6. The fraction of sp³-hybridized carbons (Fsp3) is 0.286. The molecule has 32 heavy (non-hydrogen) atoms. The average molecular weight is 480 g/mol. The number of alkyl halides is 2. The molecule has 0 bridgehead atoms. The SMILES string of the molecule is O=C(CSc1nnc(N2CCCC2)n1-c1cccc(Cl)c1)Nc1ccccc1OC(F)F. The monoisotopic (exact) mass is 479 g/mol. The molecule has 7 nitrogen and oxygen atoms in total. The van der Waals surface area contributed by atoms with Gasteiger partial charge in [-0.15, -0.1) is 10.2 Å². The minimum Gasteiger partial charge on any atom is -0.433 e. The number of amides is 1. The highest BCUT2D eigenvalue weighted by molar-refractivity contribution is 7.99. The van der Waals surface area contributed by atoms with Crippen molar-refractivity contribution in [2.45, 2.75) is 24.6 Å². The summed E-state index contributed by atoms with van der Waals surface area (Å²) in [4.78, 5) is 14.7. The number of halogens is 3. The third-order valence-electron chi connectivity index (χ3n) is 4.78. The predicted molar refractivity (Wildman–Crippen MR) is 120 cm³/mol. The van der Waals surface area contributed by atoms with Crippen LogP contribution in [0, 0.1) is 0 Å². The molecule has 0 atom stereocenters. The van der Waals surface area contributed by atoms with E-state index in [0.717, 1.165) is 31.6 Å². The van der Waals surface area contributed by atoms with Crippen LogP contribution in [0.25, 0.3) is 5.69 Å². The molecule has 3 aromatic rings. The van der Waals surface area contributed by atoms with E-state index in [2.05, 4.69) is 25.2 Å². The van der Waals surface area contributed by atoms with Crippen LogP contribution >= 0.6 is 23.4 Å². The number of hydrogen-bond acceptors (Lipinski definition) is 6. The van der Waals surface area contributed by atoms with E-state index in [9.17, 15) is 13.6 Å². The quantitative estimate of drug-likeness (QED) is 0.465. The molecule has 4 rings (SSSR count). The lowest BCUT2D eigenvalue weighted by atomic mass is 10.3. The zero-order valence-corrected chi connectivity index (χ0v) is 18.5. The van der Waals surface area contributed by atoms with E-state index in [1.165, 1.54) is 23.9 Å². The molecule has 1 N–H and O–H groups in total. The van der Waals surface area contributed by atoms with Crippen molar-refractivity contribution in [2.75, 3.05) is 29.1 Å². The van der Waals surface area contributed by atoms with Crippen molar-refractivity contribution in [3.05, 3.63) is 53.6 Å². The molecular weight excluding hydrogens is 460 g/mol. The van der Waals surface area contributed by atoms with Crippen molar-refractivity contribution < 1.29 is 18.3 Å². The molecule has 11 heteroatoms. The van der Waals surface area contributed by atoms with Crippen LogP contribution in [0.1, 0.15) is 12.8 Å². The van der Waals surface area contributed by atoms with Gasteiger partial charge in [-0.25, -0.2) is 0 Å². The molecule has 168 valence electrons. The van der Waals surface area contributed by atoms with Crippen molar-refractivity contribution in [2.24, 2.45) is 0 Å². The molecule has 2 heterocycles. The van der Waals surface area contributed by atoms with Crippen LogP contribution in [0.2, 0.25) is 5.02 Å². The van der Waals surface area contributed by atoms with Gasteiger partial charge in [-0.3, -0.25) is 9.36 Å². The lowest BCUT2D eigenvalue weighted by molar-refractivity contribution is -0.113. The lowest BCUT2D eigenvalue weighted by Gasteiger charge is -2.18. The first kappa shape index (κ1) is 22.3. The molecule has 1 aliphatic rings. The van der Waals surface area contributed by atoms with Crippen LogP contribution in [0.15, 0.2) is 53.7 Å². The van der Waals surface area contributed by atoms with E-state index in [-0.39, 0.29) is 23.1 Å². The summed E-state index contributed by atoms with van der Waals surface area (Å²) in [6.45, 7) is -1.22. The maximum Gasteiger partial charge on any atom is 0.387 e. The van der Waals surface area contributed by atoms with Crippen molar-refractivity contribution in [1.29, 1.82) is 0 Å². The zero-order chi connectivity index (χ0) is 22.5. The van der Waals surface area contributed by atoms with E-state index < -0.39 is 6.61 Å². The molecule has 0 spiro atoms. The second-order valence-electron chi connectivity index (χ2n) is 7.00. The number of anilines is 2. The Labute approximate surface area is 192 Å². The summed E-state index contributed by atoms with van der Waals surface area (Å²) in [5.41, 5.74) is 0.968. The Kier molecular flexibility index (Phi) is 7.11. The number of rotatable bonds is 8. The number of hydrogen-bond donors (Lipinski definition) is 1. The van der Waals surface area contributed by atoms with Crippen LogP contribution in [-0.4, -0.2) is 46.1 Å². The molecule has 2 aromatic carbocycles. The minimum atomic E-state index is -2.98. The molecule has 0 aliphatic carbocycles. The highest BCUT2D eigenvalue weighted by Crippen LogP contribution is 2.30. The Morgan fingerprint density at radius 1 is 1.16 bits per heavy atom. The largest absolute Gasteiger partial charge is 0.433 e. The van der Waals surface area contributed by atoms with Crippen molar-refractivity contribution in [3.8, 4) is 11.4 Å². The van der Waals surface area contributed by atoms with Gasteiger partial charge in [-0.05, 0) is 43.2 Å². The highest BCUT2D eigenvalue weighted by Gasteiger charge is 2.23. The van der Waals surface area contributed by atoms with E-state index >= 15 is 0 Å². The Morgan fingerprint density at radius 3 is 2.69 bits per heavy atom. The predicted octanol–water partition coefficient (Wildman–Crippen LogP) is 4.85. The van der Waals surface area contributed by atoms with Crippen LogP contribution in [0.5, 0.6) is 5.75 Å². The van der Waals surface area contributed by atoms with Gasteiger partial charge in [-0.1, -0.05) is 41.6 Å². The Bertz CT molecular complexity index is 1090.